The van der Waals surface area contributed by atoms with Crippen molar-refractivity contribution in [3.05, 3.63) is 0 Å². The van der Waals surface area contributed by atoms with Gasteiger partial charge >= 0.3 is 12.0 Å². The molecule has 3 atom stereocenters. The molecule has 0 aliphatic carbocycles. The summed E-state index contributed by atoms with van der Waals surface area (Å²) < 4.78 is 5.42. The van der Waals surface area contributed by atoms with Gasteiger partial charge in [0.1, 0.15) is 6.04 Å². The van der Waals surface area contributed by atoms with E-state index in [2.05, 4.69) is 5.32 Å². The van der Waals surface area contributed by atoms with Crippen LogP contribution in [0.25, 0.3) is 0 Å². The number of likely N-dealkylation sites (tertiary alicyclic amines) is 1. The second-order valence-corrected chi connectivity index (χ2v) is 5.04. The van der Waals surface area contributed by atoms with Crippen molar-refractivity contribution >= 4 is 12.0 Å². The van der Waals surface area contributed by atoms with Crippen LogP contribution < -0.4 is 5.32 Å². The number of carbonyl (C=O) groups excluding carboxylic acids is 1. The van der Waals surface area contributed by atoms with Crippen LogP contribution in [0.2, 0.25) is 0 Å². The van der Waals surface area contributed by atoms with Crippen LogP contribution >= 0.6 is 0 Å². The molecule has 6 nitrogen and oxygen atoms in total. The van der Waals surface area contributed by atoms with Crippen molar-refractivity contribution < 1.29 is 19.4 Å². The summed E-state index contributed by atoms with van der Waals surface area (Å²) >= 11 is 0. The smallest absolute Gasteiger partial charge is 0.326 e. The predicted molar refractivity (Wildman–Crippen MR) is 64.3 cm³/mol. The lowest BCUT2D eigenvalue weighted by atomic mass is 10.0. The molecule has 0 aromatic heterocycles. The van der Waals surface area contributed by atoms with Gasteiger partial charge in [0.2, 0.25) is 0 Å². The first kappa shape index (κ1) is 13.1. The summed E-state index contributed by atoms with van der Waals surface area (Å²) in [6, 6.07) is -0.822. The molecule has 2 N–H and O–H groups in total. The fourth-order valence-corrected chi connectivity index (χ4v) is 2.65. The van der Waals surface area contributed by atoms with E-state index < -0.39 is 12.0 Å². The quantitative estimate of drug-likeness (QED) is 0.766. The minimum absolute atomic E-state index is 0.0938. The van der Waals surface area contributed by atoms with E-state index in [0.29, 0.717) is 19.6 Å². The van der Waals surface area contributed by atoms with Crippen LogP contribution in [0.5, 0.6) is 0 Å². The topological polar surface area (TPSA) is 78.9 Å². The molecule has 0 saturated carbocycles. The highest BCUT2D eigenvalue weighted by Gasteiger charge is 2.35. The third-order valence-electron chi connectivity index (χ3n) is 3.61. The van der Waals surface area contributed by atoms with Crippen LogP contribution in [0.1, 0.15) is 32.6 Å². The molecule has 0 spiro atoms. The summed E-state index contributed by atoms with van der Waals surface area (Å²) in [6.07, 6.45) is 3.04. The maximum absolute atomic E-state index is 12.0. The maximum atomic E-state index is 12.0. The number of carbonyl (C=O) groups is 2. The van der Waals surface area contributed by atoms with Gasteiger partial charge in [-0.3, -0.25) is 0 Å². The summed E-state index contributed by atoms with van der Waals surface area (Å²) in [5, 5.41) is 12.0. The van der Waals surface area contributed by atoms with Crippen LogP contribution in [0.3, 0.4) is 0 Å². The Morgan fingerprint density at radius 3 is 2.83 bits per heavy atom. The zero-order valence-electron chi connectivity index (χ0n) is 10.6. The molecule has 2 aliphatic heterocycles. The molecule has 3 unspecified atom stereocenters. The first-order valence-electron chi connectivity index (χ1n) is 6.49. The molecule has 102 valence electrons. The fraction of sp³-hybridized carbons (Fsp3) is 0.833. The van der Waals surface area contributed by atoms with Gasteiger partial charge in [-0.1, -0.05) is 0 Å². The van der Waals surface area contributed by atoms with Crippen LogP contribution in [0.4, 0.5) is 4.79 Å². The molecule has 2 aliphatic rings. The lowest BCUT2D eigenvalue weighted by Crippen LogP contribution is -2.50. The number of urea groups is 1. The van der Waals surface area contributed by atoms with Gasteiger partial charge in [0, 0.05) is 19.2 Å². The van der Waals surface area contributed by atoms with E-state index in [0.717, 1.165) is 19.3 Å². The first-order valence-corrected chi connectivity index (χ1v) is 6.49. The molecule has 2 heterocycles. The number of carboxylic acid groups (broad SMARTS) is 1. The van der Waals surface area contributed by atoms with Crippen molar-refractivity contribution in [1.29, 1.82) is 0 Å². The summed E-state index contributed by atoms with van der Waals surface area (Å²) in [7, 11) is 0. The number of nitrogens with one attached hydrogen (secondary N) is 1. The number of amides is 2. The molecule has 2 rings (SSSR count). The van der Waals surface area contributed by atoms with Gasteiger partial charge in [-0.15, -0.1) is 0 Å². The highest BCUT2D eigenvalue weighted by molar-refractivity contribution is 5.83. The summed E-state index contributed by atoms with van der Waals surface area (Å²) in [5.41, 5.74) is 0. The van der Waals surface area contributed by atoms with Gasteiger partial charge < -0.3 is 20.1 Å². The molecule has 2 fully saturated rings. The summed E-state index contributed by atoms with van der Waals surface area (Å²) in [4.78, 5) is 24.5. The molecule has 18 heavy (non-hydrogen) atoms. The molecule has 0 bridgehead atoms. The molecule has 0 aromatic carbocycles. The van der Waals surface area contributed by atoms with Gasteiger partial charge in [-0.05, 0) is 32.6 Å². The van der Waals surface area contributed by atoms with Crippen LogP contribution in [0.15, 0.2) is 0 Å². The van der Waals surface area contributed by atoms with Crippen molar-refractivity contribution in [2.75, 3.05) is 13.2 Å². The third-order valence-corrected chi connectivity index (χ3v) is 3.61. The largest absolute Gasteiger partial charge is 0.480 e. The highest BCUT2D eigenvalue weighted by Crippen LogP contribution is 2.19. The Bertz CT molecular complexity index is 334. The van der Waals surface area contributed by atoms with Gasteiger partial charge in [-0.2, -0.15) is 0 Å². The van der Waals surface area contributed by atoms with Crippen molar-refractivity contribution in [2.45, 2.75) is 50.8 Å². The van der Waals surface area contributed by atoms with Crippen molar-refractivity contribution in [2.24, 2.45) is 0 Å². The van der Waals surface area contributed by atoms with E-state index in [-0.39, 0.29) is 18.2 Å². The van der Waals surface area contributed by atoms with E-state index in [1.165, 1.54) is 4.90 Å². The van der Waals surface area contributed by atoms with Gasteiger partial charge in [0.05, 0.1) is 6.10 Å². The monoisotopic (exact) mass is 256 g/mol. The van der Waals surface area contributed by atoms with E-state index in [9.17, 15) is 9.59 Å². The fourth-order valence-electron chi connectivity index (χ4n) is 2.65. The number of hydrogen-bond donors (Lipinski definition) is 2. The molecule has 2 amide bonds. The van der Waals surface area contributed by atoms with E-state index in [4.69, 9.17) is 9.84 Å². The van der Waals surface area contributed by atoms with Gasteiger partial charge in [0.25, 0.3) is 0 Å². The zero-order valence-corrected chi connectivity index (χ0v) is 10.6. The van der Waals surface area contributed by atoms with Crippen LogP contribution in [-0.2, 0) is 9.53 Å². The SMILES string of the molecule is CC1CC(NC(=O)N2CCCC2C(=O)O)CCO1. The average molecular weight is 256 g/mol. The Labute approximate surface area is 106 Å². The standard InChI is InChI=1S/C12H20N2O4/c1-8-7-9(4-6-18-8)13-12(17)14-5-2-3-10(14)11(15)16/h8-10H,2-7H2,1H3,(H,13,17)(H,15,16). The van der Waals surface area contributed by atoms with Gasteiger partial charge in [-0.25, -0.2) is 9.59 Å². The number of aliphatic carboxylic acids is 1. The average Bonchev–Trinajstić information content (AvgIpc) is 2.77. The van der Waals surface area contributed by atoms with Crippen molar-refractivity contribution in [3.8, 4) is 0 Å². The predicted octanol–water partition coefficient (Wildman–Crippen LogP) is 0.812. The van der Waals surface area contributed by atoms with Crippen LogP contribution in [-0.4, -0.2) is 53.3 Å². The Kier molecular flexibility index (Phi) is 4.06. The Morgan fingerprint density at radius 1 is 1.39 bits per heavy atom. The number of nitrogens with zero attached hydrogens (tertiary/aromatic N) is 1. The maximum Gasteiger partial charge on any atom is 0.326 e. The lowest BCUT2D eigenvalue weighted by molar-refractivity contribution is -0.141. The Balaban J connectivity index is 1.89. The zero-order chi connectivity index (χ0) is 13.1. The van der Waals surface area contributed by atoms with E-state index in [1.807, 2.05) is 6.92 Å². The van der Waals surface area contributed by atoms with Crippen molar-refractivity contribution in [1.82, 2.24) is 10.2 Å². The first-order chi connectivity index (χ1) is 8.58. The van der Waals surface area contributed by atoms with E-state index >= 15 is 0 Å². The summed E-state index contributed by atoms with van der Waals surface area (Å²) in [6.45, 7) is 3.16. The number of hydrogen-bond acceptors (Lipinski definition) is 3. The minimum Gasteiger partial charge on any atom is -0.480 e. The number of ether oxygens (including phenoxy) is 1. The molecule has 0 aromatic rings. The highest BCUT2D eigenvalue weighted by atomic mass is 16.5. The molecule has 0 radical (unpaired) electrons. The second-order valence-electron chi connectivity index (χ2n) is 5.04. The second kappa shape index (κ2) is 5.56. The molecule has 2 saturated heterocycles. The van der Waals surface area contributed by atoms with Crippen molar-refractivity contribution in [3.63, 3.8) is 0 Å². The normalized spacial score (nSPS) is 32.3. The Hall–Kier alpha value is -1.30. The molecular formula is C12H20N2O4. The molecular weight excluding hydrogens is 236 g/mol. The summed E-state index contributed by atoms with van der Waals surface area (Å²) in [5.74, 6) is -0.914. The Morgan fingerprint density at radius 2 is 2.17 bits per heavy atom. The number of carboxylic acids is 1. The lowest BCUT2D eigenvalue weighted by Gasteiger charge is -2.30. The van der Waals surface area contributed by atoms with Crippen LogP contribution in [0, 0.1) is 0 Å². The minimum atomic E-state index is -0.914. The van der Waals surface area contributed by atoms with E-state index in [1.54, 1.807) is 0 Å². The molecule has 6 heteroatoms. The number of rotatable bonds is 2. The third kappa shape index (κ3) is 2.93. The van der Waals surface area contributed by atoms with Gasteiger partial charge in [0.15, 0.2) is 0 Å².